The monoisotopic (exact) mass is 380 g/mol. The van der Waals surface area contributed by atoms with Crippen molar-refractivity contribution in [3.8, 4) is 0 Å². The van der Waals surface area contributed by atoms with Crippen LogP contribution in [0.2, 0.25) is 0 Å². The van der Waals surface area contributed by atoms with E-state index in [-0.39, 0.29) is 12.4 Å². The normalized spacial score (nSPS) is 18.7. The highest BCUT2D eigenvalue weighted by Crippen LogP contribution is 2.39. The summed E-state index contributed by atoms with van der Waals surface area (Å²) in [6.07, 6.45) is 3.76. The largest absolute Gasteiger partial charge is 0.493 e. The van der Waals surface area contributed by atoms with E-state index in [1.54, 1.807) is 0 Å². The zero-order valence-electron chi connectivity index (χ0n) is 14.3. The van der Waals surface area contributed by atoms with Gasteiger partial charge in [0.2, 0.25) is 5.76 Å². The van der Waals surface area contributed by atoms with E-state index >= 15 is 0 Å². The number of rotatable bonds is 5. The highest BCUT2D eigenvalue weighted by Gasteiger charge is 2.27. The molecule has 0 saturated heterocycles. The molecule has 3 rings (SSSR count). The number of hydrogen-bond donors (Lipinski definition) is 2. The molecule has 2 amide bonds. The molecule has 0 radical (unpaired) electrons. The van der Waals surface area contributed by atoms with Crippen LogP contribution in [0.4, 0.5) is 5.00 Å². The van der Waals surface area contributed by atoms with Crippen LogP contribution in [0.3, 0.4) is 0 Å². The van der Waals surface area contributed by atoms with Crippen molar-refractivity contribution in [1.29, 1.82) is 0 Å². The van der Waals surface area contributed by atoms with Gasteiger partial charge < -0.3 is 25.3 Å². The molecular weight excluding hydrogens is 360 g/mol. The molecule has 3 N–H and O–H groups in total. The Bertz CT molecular complexity index is 770. The number of anilines is 1. The summed E-state index contributed by atoms with van der Waals surface area (Å²) in [6, 6.07) is 0. The molecule has 0 fully saturated rings. The number of carbonyl (C=O) groups excluding carboxylic acids is 3. The molecule has 0 aromatic carbocycles. The molecule has 0 saturated carbocycles. The molecule has 26 heavy (non-hydrogen) atoms. The molecule has 0 unspecified atom stereocenters. The van der Waals surface area contributed by atoms with Crippen molar-refractivity contribution in [3.05, 3.63) is 28.0 Å². The Balaban J connectivity index is 1.65. The maximum atomic E-state index is 12.1. The maximum Gasteiger partial charge on any atom is 0.377 e. The zero-order valence-corrected chi connectivity index (χ0v) is 15.1. The second-order valence-corrected chi connectivity index (χ2v) is 7.35. The molecule has 2 aliphatic rings. The smallest absolute Gasteiger partial charge is 0.377 e. The van der Waals surface area contributed by atoms with Gasteiger partial charge in [-0.15, -0.1) is 11.3 Å². The molecule has 9 heteroatoms. The van der Waals surface area contributed by atoms with Gasteiger partial charge in [-0.05, 0) is 30.7 Å². The van der Waals surface area contributed by atoms with Crippen LogP contribution in [-0.4, -0.2) is 37.6 Å². The van der Waals surface area contributed by atoms with Gasteiger partial charge in [0.25, 0.3) is 11.8 Å². The van der Waals surface area contributed by atoms with Gasteiger partial charge >= 0.3 is 5.97 Å². The van der Waals surface area contributed by atoms with E-state index < -0.39 is 24.4 Å². The lowest BCUT2D eigenvalue weighted by molar-refractivity contribution is -0.148. The third kappa shape index (κ3) is 3.98. The lowest BCUT2D eigenvalue weighted by Gasteiger charge is -2.18. The van der Waals surface area contributed by atoms with Crippen molar-refractivity contribution in [2.75, 3.05) is 25.1 Å². The molecule has 0 bridgehead atoms. The van der Waals surface area contributed by atoms with Crippen LogP contribution in [0.5, 0.6) is 0 Å². The predicted molar refractivity (Wildman–Crippen MR) is 93.6 cm³/mol. The number of amides is 2. The van der Waals surface area contributed by atoms with Crippen molar-refractivity contribution in [1.82, 2.24) is 0 Å². The van der Waals surface area contributed by atoms with E-state index in [1.807, 2.05) is 0 Å². The molecule has 1 aromatic heterocycles. The minimum absolute atomic E-state index is 0.0811. The minimum Gasteiger partial charge on any atom is -0.493 e. The number of esters is 1. The lowest BCUT2D eigenvalue weighted by atomic mass is 9.88. The molecule has 1 atom stereocenters. The first-order valence-corrected chi connectivity index (χ1v) is 9.13. The molecule has 8 nitrogen and oxygen atoms in total. The van der Waals surface area contributed by atoms with Crippen LogP contribution in [0, 0.1) is 5.92 Å². The van der Waals surface area contributed by atoms with E-state index in [1.165, 1.54) is 11.3 Å². The topological polar surface area (TPSA) is 117 Å². The quantitative estimate of drug-likeness (QED) is 0.745. The third-order valence-electron chi connectivity index (χ3n) is 4.20. The van der Waals surface area contributed by atoms with E-state index in [9.17, 15) is 14.4 Å². The summed E-state index contributed by atoms with van der Waals surface area (Å²) in [7, 11) is 0. The molecular formula is C17H20N2O6S. The Labute approximate surface area is 154 Å². The van der Waals surface area contributed by atoms with Crippen LogP contribution in [0.25, 0.3) is 0 Å². The number of hydrogen-bond acceptors (Lipinski definition) is 7. The third-order valence-corrected chi connectivity index (χ3v) is 5.37. The van der Waals surface area contributed by atoms with Crippen LogP contribution in [-0.2, 0) is 36.6 Å². The van der Waals surface area contributed by atoms with Gasteiger partial charge in [0.15, 0.2) is 6.61 Å². The van der Waals surface area contributed by atoms with Gasteiger partial charge in [-0.1, -0.05) is 6.92 Å². The highest BCUT2D eigenvalue weighted by molar-refractivity contribution is 7.17. The van der Waals surface area contributed by atoms with E-state index in [4.69, 9.17) is 19.9 Å². The summed E-state index contributed by atoms with van der Waals surface area (Å²) in [5.41, 5.74) is 6.79. The zero-order chi connectivity index (χ0) is 18.7. The average molecular weight is 380 g/mol. The summed E-state index contributed by atoms with van der Waals surface area (Å²) >= 11 is 1.36. The second-order valence-electron chi connectivity index (χ2n) is 6.25. The molecule has 1 aromatic rings. The van der Waals surface area contributed by atoms with Gasteiger partial charge in [-0.2, -0.15) is 0 Å². The first-order valence-electron chi connectivity index (χ1n) is 8.31. The number of nitrogens with two attached hydrogens (primary N) is 1. The van der Waals surface area contributed by atoms with E-state index in [2.05, 4.69) is 12.2 Å². The van der Waals surface area contributed by atoms with Crippen molar-refractivity contribution in [3.63, 3.8) is 0 Å². The van der Waals surface area contributed by atoms with Gasteiger partial charge in [0.05, 0.1) is 5.56 Å². The fraction of sp³-hybridized carbons (Fsp3) is 0.471. The average Bonchev–Trinajstić information content (AvgIpc) is 2.97. The maximum absolute atomic E-state index is 12.1. The predicted octanol–water partition coefficient (Wildman–Crippen LogP) is 1.34. The summed E-state index contributed by atoms with van der Waals surface area (Å²) in [5.74, 6) is -1.46. The van der Waals surface area contributed by atoms with Crippen molar-refractivity contribution >= 4 is 34.1 Å². The lowest BCUT2D eigenvalue weighted by Crippen LogP contribution is -2.24. The Morgan fingerprint density at radius 3 is 2.88 bits per heavy atom. The van der Waals surface area contributed by atoms with Gasteiger partial charge in [0, 0.05) is 4.88 Å². The SMILES string of the molecule is C[C@H]1CCc2c(sc(NC(=O)COC(=O)C3=COCCO3)c2C(N)=O)C1. The van der Waals surface area contributed by atoms with Gasteiger partial charge in [-0.3, -0.25) is 9.59 Å². The van der Waals surface area contributed by atoms with Crippen molar-refractivity contribution < 1.29 is 28.6 Å². The van der Waals surface area contributed by atoms with E-state index in [0.717, 1.165) is 36.0 Å². The van der Waals surface area contributed by atoms with Gasteiger partial charge in [-0.25, -0.2) is 4.79 Å². The summed E-state index contributed by atoms with van der Waals surface area (Å²) in [6.45, 7) is 2.25. The standard InChI is InChI=1S/C17H20N2O6S/c1-9-2-3-10-12(6-9)26-16(14(10)15(18)21)19-13(20)8-25-17(22)11-7-23-4-5-24-11/h7,9H,2-6,8H2,1H3,(H2,18,21)(H,19,20)/t9-/m0/s1. The number of carbonyl (C=O) groups is 3. The molecule has 1 aliphatic carbocycles. The Morgan fingerprint density at radius 2 is 2.19 bits per heavy atom. The van der Waals surface area contributed by atoms with E-state index in [0.29, 0.717) is 23.1 Å². The summed E-state index contributed by atoms with van der Waals surface area (Å²) < 4.78 is 14.9. The number of primary amides is 1. The van der Waals surface area contributed by atoms with Gasteiger partial charge in [0.1, 0.15) is 24.5 Å². The highest BCUT2D eigenvalue weighted by atomic mass is 32.1. The second kappa shape index (κ2) is 7.77. The number of nitrogens with one attached hydrogen (secondary N) is 1. The molecule has 140 valence electrons. The van der Waals surface area contributed by atoms with Crippen LogP contribution in [0.15, 0.2) is 12.0 Å². The number of thiophene rings is 1. The van der Waals surface area contributed by atoms with Crippen LogP contribution in [0.1, 0.15) is 34.1 Å². The fourth-order valence-corrected chi connectivity index (χ4v) is 4.37. The Hall–Kier alpha value is -2.55. The Kier molecular flexibility index (Phi) is 5.46. The number of ether oxygens (including phenoxy) is 3. The minimum atomic E-state index is -0.783. The molecule has 2 heterocycles. The molecule has 1 aliphatic heterocycles. The summed E-state index contributed by atoms with van der Waals surface area (Å²) in [4.78, 5) is 36.8. The van der Waals surface area contributed by atoms with Crippen LogP contribution < -0.4 is 11.1 Å². The molecule has 0 spiro atoms. The first kappa shape index (κ1) is 18.2. The first-order chi connectivity index (χ1) is 12.5. The van der Waals surface area contributed by atoms with Crippen LogP contribution >= 0.6 is 11.3 Å². The van der Waals surface area contributed by atoms with Crippen molar-refractivity contribution in [2.24, 2.45) is 11.7 Å². The fourth-order valence-electron chi connectivity index (χ4n) is 2.94. The summed E-state index contributed by atoms with van der Waals surface area (Å²) in [5, 5.41) is 3.04. The Morgan fingerprint density at radius 1 is 1.38 bits per heavy atom. The van der Waals surface area contributed by atoms with Crippen molar-refractivity contribution in [2.45, 2.75) is 26.2 Å². The number of fused-ring (bicyclic) bond motifs is 1.